The SMILES string of the molecule is O=C(Nc1ccc(Cl)cc1)OC1CCN(C(=O)Nc2ccc(Cl)cc2)CC1. The lowest BCUT2D eigenvalue weighted by Crippen LogP contribution is -2.43. The monoisotopic (exact) mass is 407 g/mol. The minimum absolute atomic E-state index is 0.179. The quantitative estimate of drug-likeness (QED) is 0.730. The van der Waals surface area contributed by atoms with E-state index in [1.54, 1.807) is 53.4 Å². The molecule has 8 heteroatoms. The van der Waals surface area contributed by atoms with E-state index in [-0.39, 0.29) is 12.1 Å². The fraction of sp³-hybridized carbons (Fsp3) is 0.263. The molecule has 1 saturated heterocycles. The summed E-state index contributed by atoms with van der Waals surface area (Å²) in [6, 6.07) is 13.5. The number of nitrogens with one attached hydrogen (secondary N) is 2. The summed E-state index contributed by atoms with van der Waals surface area (Å²) in [4.78, 5) is 26.0. The Morgan fingerprint density at radius 1 is 0.852 bits per heavy atom. The smallest absolute Gasteiger partial charge is 0.411 e. The van der Waals surface area contributed by atoms with Gasteiger partial charge in [-0.25, -0.2) is 9.59 Å². The van der Waals surface area contributed by atoms with Crippen LogP contribution in [-0.2, 0) is 4.74 Å². The second kappa shape index (κ2) is 8.97. The Kier molecular flexibility index (Phi) is 6.42. The summed E-state index contributed by atoms with van der Waals surface area (Å²) in [6.45, 7) is 1.02. The van der Waals surface area contributed by atoms with Gasteiger partial charge in [0.15, 0.2) is 0 Å². The third kappa shape index (κ3) is 5.77. The first-order valence-corrected chi connectivity index (χ1v) is 9.30. The Bertz CT molecular complexity index is 789. The highest BCUT2D eigenvalue weighted by Crippen LogP contribution is 2.18. The van der Waals surface area contributed by atoms with E-state index in [4.69, 9.17) is 27.9 Å². The number of carbonyl (C=O) groups is 2. The van der Waals surface area contributed by atoms with Crippen molar-refractivity contribution in [3.8, 4) is 0 Å². The van der Waals surface area contributed by atoms with Crippen molar-refractivity contribution in [2.45, 2.75) is 18.9 Å². The van der Waals surface area contributed by atoms with Crippen molar-refractivity contribution in [2.75, 3.05) is 23.7 Å². The summed E-state index contributed by atoms with van der Waals surface area (Å²) in [5.74, 6) is 0. The Balaban J connectivity index is 1.42. The third-order valence-corrected chi connectivity index (χ3v) is 4.69. The lowest BCUT2D eigenvalue weighted by molar-refractivity contribution is 0.0693. The molecule has 3 amide bonds. The maximum absolute atomic E-state index is 12.3. The first-order chi connectivity index (χ1) is 13.0. The highest BCUT2D eigenvalue weighted by atomic mass is 35.5. The van der Waals surface area contributed by atoms with Crippen molar-refractivity contribution in [1.82, 2.24) is 4.90 Å². The van der Waals surface area contributed by atoms with Gasteiger partial charge in [0.2, 0.25) is 0 Å². The first kappa shape index (κ1) is 19.3. The van der Waals surface area contributed by atoms with E-state index in [0.29, 0.717) is 47.4 Å². The lowest BCUT2D eigenvalue weighted by Gasteiger charge is -2.31. The number of hydrogen-bond acceptors (Lipinski definition) is 3. The van der Waals surface area contributed by atoms with Crippen LogP contribution in [0.2, 0.25) is 10.0 Å². The zero-order chi connectivity index (χ0) is 19.2. The predicted molar refractivity (Wildman–Crippen MR) is 107 cm³/mol. The molecule has 1 aliphatic heterocycles. The van der Waals surface area contributed by atoms with Gasteiger partial charge in [-0.2, -0.15) is 0 Å². The molecule has 1 heterocycles. The molecular formula is C19H19Cl2N3O3. The predicted octanol–water partition coefficient (Wildman–Crippen LogP) is 5.24. The van der Waals surface area contributed by atoms with E-state index in [9.17, 15) is 9.59 Å². The van der Waals surface area contributed by atoms with Gasteiger partial charge in [0.25, 0.3) is 0 Å². The molecule has 2 aromatic carbocycles. The Hall–Kier alpha value is -2.44. The van der Waals surface area contributed by atoms with Gasteiger partial charge in [-0.3, -0.25) is 5.32 Å². The maximum Gasteiger partial charge on any atom is 0.411 e. The van der Waals surface area contributed by atoms with E-state index < -0.39 is 6.09 Å². The first-order valence-electron chi connectivity index (χ1n) is 8.54. The number of ether oxygens (including phenoxy) is 1. The minimum atomic E-state index is -0.513. The minimum Gasteiger partial charge on any atom is -0.446 e. The van der Waals surface area contributed by atoms with Crippen LogP contribution in [0.3, 0.4) is 0 Å². The molecule has 1 fully saturated rings. The van der Waals surface area contributed by atoms with Crippen LogP contribution in [0.5, 0.6) is 0 Å². The number of urea groups is 1. The Morgan fingerprint density at radius 3 is 1.85 bits per heavy atom. The average Bonchev–Trinajstić information content (AvgIpc) is 2.66. The topological polar surface area (TPSA) is 70.7 Å². The number of likely N-dealkylation sites (tertiary alicyclic amines) is 1. The lowest BCUT2D eigenvalue weighted by atomic mass is 10.1. The number of piperidine rings is 1. The summed E-state index contributed by atoms with van der Waals surface area (Å²) in [7, 11) is 0. The average molecular weight is 408 g/mol. The zero-order valence-corrected chi connectivity index (χ0v) is 16.0. The van der Waals surface area contributed by atoms with Crippen molar-refractivity contribution < 1.29 is 14.3 Å². The molecule has 0 saturated carbocycles. The third-order valence-electron chi connectivity index (χ3n) is 4.19. The molecule has 0 atom stereocenters. The van der Waals surface area contributed by atoms with Crippen LogP contribution in [0.25, 0.3) is 0 Å². The maximum atomic E-state index is 12.3. The summed E-state index contributed by atoms with van der Waals surface area (Å²) in [5.41, 5.74) is 1.30. The van der Waals surface area contributed by atoms with Crippen molar-refractivity contribution in [1.29, 1.82) is 0 Å². The molecule has 142 valence electrons. The molecule has 0 radical (unpaired) electrons. The summed E-state index contributed by atoms with van der Waals surface area (Å²) in [5, 5.41) is 6.70. The van der Waals surface area contributed by atoms with Crippen LogP contribution in [0.4, 0.5) is 21.0 Å². The van der Waals surface area contributed by atoms with Gasteiger partial charge >= 0.3 is 12.1 Å². The van der Waals surface area contributed by atoms with Crippen LogP contribution < -0.4 is 10.6 Å². The molecule has 0 aromatic heterocycles. The molecule has 1 aliphatic rings. The number of nitrogens with zero attached hydrogens (tertiary/aromatic N) is 1. The summed E-state index contributed by atoms with van der Waals surface area (Å²) >= 11 is 11.7. The van der Waals surface area contributed by atoms with E-state index in [0.717, 1.165) is 0 Å². The Morgan fingerprint density at radius 2 is 1.33 bits per heavy atom. The zero-order valence-electron chi connectivity index (χ0n) is 14.5. The van der Waals surface area contributed by atoms with Gasteiger partial charge in [-0.1, -0.05) is 23.2 Å². The van der Waals surface area contributed by atoms with Gasteiger partial charge in [-0.05, 0) is 48.5 Å². The second-order valence-corrected chi connectivity index (χ2v) is 7.03. The number of halogens is 2. The van der Waals surface area contributed by atoms with E-state index in [1.807, 2.05) is 0 Å². The van der Waals surface area contributed by atoms with Crippen molar-refractivity contribution in [2.24, 2.45) is 0 Å². The molecule has 3 rings (SSSR count). The highest BCUT2D eigenvalue weighted by Gasteiger charge is 2.25. The molecule has 27 heavy (non-hydrogen) atoms. The van der Waals surface area contributed by atoms with Crippen molar-refractivity contribution in [3.63, 3.8) is 0 Å². The second-order valence-electron chi connectivity index (χ2n) is 6.16. The number of anilines is 2. The van der Waals surface area contributed by atoms with Crippen molar-refractivity contribution in [3.05, 3.63) is 58.6 Å². The van der Waals surface area contributed by atoms with Gasteiger partial charge in [0, 0.05) is 47.4 Å². The fourth-order valence-electron chi connectivity index (χ4n) is 2.74. The molecule has 0 unspecified atom stereocenters. The van der Waals surface area contributed by atoms with Gasteiger partial charge in [0.05, 0.1) is 0 Å². The van der Waals surface area contributed by atoms with Crippen LogP contribution in [0, 0.1) is 0 Å². The molecule has 6 nitrogen and oxygen atoms in total. The number of benzene rings is 2. The standard InChI is InChI=1S/C19H19Cl2N3O3/c20-13-1-5-15(6-2-13)22-18(25)24-11-9-17(10-12-24)27-19(26)23-16-7-3-14(21)4-8-16/h1-8,17H,9-12H2,(H,22,25)(H,23,26). The number of amides is 3. The van der Waals surface area contributed by atoms with Gasteiger partial charge < -0.3 is 15.0 Å². The van der Waals surface area contributed by atoms with Crippen LogP contribution in [-0.4, -0.2) is 36.2 Å². The molecule has 0 bridgehead atoms. The van der Waals surface area contributed by atoms with E-state index >= 15 is 0 Å². The number of hydrogen-bond donors (Lipinski definition) is 2. The number of rotatable bonds is 3. The van der Waals surface area contributed by atoms with Gasteiger partial charge in [0.1, 0.15) is 6.10 Å². The summed E-state index contributed by atoms with van der Waals surface area (Å²) < 4.78 is 5.43. The highest BCUT2D eigenvalue weighted by molar-refractivity contribution is 6.30. The largest absolute Gasteiger partial charge is 0.446 e. The molecule has 2 aromatic rings. The van der Waals surface area contributed by atoms with Crippen molar-refractivity contribution >= 4 is 46.7 Å². The molecule has 0 spiro atoms. The molecule has 2 N–H and O–H groups in total. The van der Waals surface area contributed by atoms with Crippen LogP contribution in [0.15, 0.2) is 48.5 Å². The van der Waals surface area contributed by atoms with E-state index in [1.165, 1.54) is 0 Å². The fourth-order valence-corrected chi connectivity index (χ4v) is 3.00. The molecular weight excluding hydrogens is 389 g/mol. The molecule has 0 aliphatic carbocycles. The normalized spacial score (nSPS) is 14.5. The number of carbonyl (C=O) groups excluding carboxylic acids is 2. The van der Waals surface area contributed by atoms with E-state index in [2.05, 4.69) is 10.6 Å². The van der Waals surface area contributed by atoms with Crippen LogP contribution in [0.1, 0.15) is 12.8 Å². The van der Waals surface area contributed by atoms with Gasteiger partial charge in [-0.15, -0.1) is 0 Å². The summed E-state index contributed by atoms with van der Waals surface area (Å²) in [6.07, 6.45) is 0.433. The Labute approximate surface area is 167 Å². The van der Waals surface area contributed by atoms with Crippen LogP contribution >= 0.6 is 23.2 Å².